The normalized spacial score (nSPS) is 27.2. The summed E-state index contributed by atoms with van der Waals surface area (Å²) in [5.74, 6) is 1.32. The SMILES string of the molecule is O=C1CN(CC2CCCCC2)C1. The Kier molecular flexibility index (Phi) is 2.45. The van der Waals surface area contributed by atoms with Crippen LogP contribution in [0.2, 0.25) is 0 Å². The zero-order valence-electron chi connectivity index (χ0n) is 7.59. The molecule has 0 aromatic carbocycles. The van der Waals surface area contributed by atoms with Crippen molar-refractivity contribution in [2.75, 3.05) is 19.6 Å². The summed E-state index contributed by atoms with van der Waals surface area (Å²) in [7, 11) is 0. The summed E-state index contributed by atoms with van der Waals surface area (Å²) in [6.45, 7) is 2.65. The van der Waals surface area contributed by atoms with E-state index in [0.29, 0.717) is 5.78 Å². The van der Waals surface area contributed by atoms with Gasteiger partial charge in [0.2, 0.25) is 0 Å². The maximum Gasteiger partial charge on any atom is 0.160 e. The van der Waals surface area contributed by atoms with Crippen molar-refractivity contribution < 1.29 is 4.79 Å². The highest BCUT2D eigenvalue weighted by Gasteiger charge is 2.26. The minimum Gasteiger partial charge on any atom is -0.297 e. The number of hydrogen-bond donors (Lipinski definition) is 0. The van der Waals surface area contributed by atoms with Gasteiger partial charge < -0.3 is 0 Å². The van der Waals surface area contributed by atoms with Crippen LogP contribution in [0.5, 0.6) is 0 Å². The monoisotopic (exact) mass is 167 g/mol. The minimum atomic E-state index is 0.422. The zero-order valence-corrected chi connectivity index (χ0v) is 7.59. The lowest BCUT2D eigenvalue weighted by Crippen LogP contribution is -2.49. The van der Waals surface area contributed by atoms with Gasteiger partial charge in [-0.3, -0.25) is 9.69 Å². The number of ketones is 1. The molecule has 0 atom stereocenters. The maximum atomic E-state index is 10.7. The van der Waals surface area contributed by atoms with Crippen LogP contribution in [0.15, 0.2) is 0 Å². The van der Waals surface area contributed by atoms with Gasteiger partial charge in [-0.1, -0.05) is 19.3 Å². The predicted molar refractivity (Wildman–Crippen MR) is 48.0 cm³/mol. The number of hydrogen-bond acceptors (Lipinski definition) is 2. The van der Waals surface area contributed by atoms with Crippen molar-refractivity contribution in [3.8, 4) is 0 Å². The Labute approximate surface area is 73.9 Å². The summed E-state index contributed by atoms with van der Waals surface area (Å²) in [5.41, 5.74) is 0. The summed E-state index contributed by atoms with van der Waals surface area (Å²) in [4.78, 5) is 13.0. The Morgan fingerprint density at radius 2 is 1.83 bits per heavy atom. The number of nitrogens with zero attached hydrogens (tertiary/aromatic N) is 1. The van der Waals surface area contributed by atoms with Gasteiger partial charge in [0.1, 0.15) is 0 Å². The van der Waals surface area contributed by atoms with Crippen LogP contribution in [0.4, 0.5) is 0 Å². The Bertz CT molecular complexity index is 165. The van der Waals surface area contributed by atoms with Crippen molar-refractivity contribution in [1.82, 2.24) is 4.90 Å². The molecule has 0 unspecified atom stereocenters. The van der Waals surface area contributed by atoms with E-state index in [0.717, 1.165) is 19.0 Å². The molecule has 1 saturated heterocycles. The first kappa shape index (κ1) is 8.24. The molecular formula is C10H17NO. The van der Waals surface area contributed by atoms with E-state index in [1.807, 2.05) is 0 Å². The Balaban J connectivity index is 1.68. The minimum absolute atomic E-state index is 0.422. The molecule has 2 aliphatic rings. The molecule has 0 spiro atoms. The molecular weight excluding hydrogens is 150 g/mol. The van der Waals surface area contributed by atoms with E-state index < -0.39 is 0 Å². The van der Waals surface area contributed by atoms with Gasteiger partial charge >= 0.3 is 0 Å². The quantitative estimate of drug-likeness (QED) is 0.620. The van der Waals surface area contributed by atoms with Crippen molar-refractivity contribution in [2.24, 2.45) is 5.92 Å². The Morgan fingerprint density at radius 1 is 1.17 bits per heavy atom. The van der Waals surface area contributed by atoms with E-state index in [1.165, 1.54) is 38.6 Å². The third-order valence-corrected chi connectivity index (χ3v) is 3.04. The fourth-order valence-corrected chi connectivity index (χ4v) is 2.32. The molecule has 1 heterocycles. The van der Waals surface area contributed by atoms with Crippen molar-refractivity contribution in [3.63, 3.8) is 0 Å². The first-order chi connectivity index (χ1) is 5.84. The predicted octanol–water partition coefficient (Wildman–Crippen LogP) is 1.45. The fraction of sp³-hybridized carbons (Fsp3) is 0.900. The average Bonchev–Trinajstić information content (AvgIpc) is 2.04. The molecule has 0 bridgehead atoms. The molecule has 0 aromatic rings. The number of carbonyl (C=O) groups is 1. The third kappa shape index (κ3) is 1.86. The highest BCUT2D eigenvalue weighted by molar-refractivity contribution is 5.87. The molecule has 2 heteroatoms. The number of rotatable bonds is 2. The molecule has 0 radical (unpaired) electrons. The van der Waals surface area contributed by atoms with E-state index in [2.05, 4.69) is 4.90 Å². The van der Waals surface area contributed by atoms with Crippen LogP contribution in [-0.4, -0.2) is 30.3 Å². The smallest absolute Gasteiger partial charge is 0.160 e. The van der Waals surface area contributed by atoms with Gasteiger partial charge in [0.15, 0.2) is 5.78 Å². The van der Waals surface area contributed by atoms with Crippen molar-refractivity contribution >= 4 is 5.78 Å². The summed E-state index contributed by atoms with van der Waals surface area (Å²) >= 11 is 0. The lowest BCUT2D eigenvalue weighted by molar-refractivity contribution is -0.129. The molecule has 12 heavy (non-hydrogen) atoms. The largest absolute Gasteiger partial charge is 0.297 e. The number of carbonyl (C=O) groups excluding carboxylic acids is 1. The van der Waals surface area contributed by atoms with Gasteiger partial charge in [0.05, 0.1) is 13.1 Å². The molecule has 1 aliphatic carbocycles. The van der Waals surface area contributed by atoms with Gasteiger partial charge in [0.25, 0.3) is 0 Å². The molecule has 2 rings (SSSR count). The molecule has 2 nitrogen and oxygen atoms in total. The fourth-order valence-electron chi connectivity index (χ4n) is 2.32. The van der Waals surface area contributed by atoms with Crippen LogP contribution in [0.1, 0.15) is 32.1 Å². The van der Waals surface area contributed by atoms with Gasteiger partial charge in [-0.15, -0.1) is 0 Å². The first-order valence-electron chi connectivity index (χ1n) is 5.08. The highest BCUT2D eigenvalue weighted by atomic mass is 16.1. The molecule has 1 saturated carbocycles. The second-order valence-corrected chi connectivity index (χ2v) is 4.21. The Hall–Kier alpha value is -0.370. The summed E-state index contributed by atoms with van der Waals surface area (Å²) in [5, 5.41) is 0. The summed E-state index contributed by atoms with van der Waals surface area (Å²) in [6, 6.07) is 0. The van der Waals surface area contributed by atoms with E-state index >= 15 is 0 Å². The molecule has 0 aromatic heterocycles. The van der Waals surface area contributed by atoms with Crippen LogP contribution >= 0.6 is 0 Å². The number of Topliss-reactive ketones (excluding diaryl/α,β-unsaturated/α-hetero) is 1. The van der Waals surface area contributed by atoms with E-state index in [4.69, 9.17) is 0 Å². The molecule has 1 aliphatic heterocycles. The van der Waals surface area contributed by atoms with Crippen molar-refractivity contribution in [2.45, 2.75) is 32.1 Å². The second-order valence-electron chi connectivity index (χ2n) is 4.21. The summed E-state index contributed by atoms with van der Waals surface area (Å²) in [6.07, 6.45) is 7.03. The van der Waals surface area contributed by atoms with Crippen LogP contribution in [0.3, 0.4) is 0 Å². The van der Waals surface area contributed by atoms with Gasteiger partial charge in [-0.05, 0) is 18.8 Å². The molecule has 68 valence electrons. The third-order valence-electron chi connectivity index (χ3n) is 3.04. The number of likely N-dealkylation sites (tertiary alicyclic amines) is 1. The standard InChI is InChI=1S/C10H17NO/c12-10-7-11(8-10)6-9-4-2-1-3-5-9/h9H,1-8H2. The van der Waals surface area contributed by atoms with Gasteiger partial charge in [-0.2, -0.15) is 0 Å². The van der Waals surface area contributed by atoms with Crippen LogP contribution in [-0.2, 0) is 4.79 Å². The molecule has 0 amide bonds. The molecule has 2 fully saturated rings. The van der Waals surface area contributed by atoms with Gasteiger partial charge in [-0.25, -0.2) is 0 Å². The highest BCUT2D eigenvalue weighted by Crippen LogP contribution is 2.25. The summed E-state index contributed by atoms with van der Waals surface area (Å²) < 4.78 is 0. The lowest BCUT2D eigenvalue weighted by Gasteiger charge is -2.34. The Morgan fingerprint density at radius 3 is 2.42 bits per heavy atom. The zero-order chi connectivity index (χ0) is 8.39. The van der Waals surface area contributed by atoms with Gasteiger partial charge in [0, 0.05) is 6.54 Å². The van der Waals surface area contributed by atoms with Crippen LogP contribution < -0.4 is 0 Å². The van der Waals surface area contributed by atoms with Crippen LogP contribution in [0.25, 0.3) is 0 Å². The topological polar surface area (TPSA) is 20.3 Å². The van der Waals surface area contributed by atoms with E-state index in [9.17, 15) is 4.79 Å². The first-order valence-corrected chi connectivity index (χ1v) is 5.08. The lowest BCUT2D eigenvalue weighted by atomic mass is 9.88. The van der Waals surface area contributed by atoms with E-state index in [1.54, 1.807) is 0 Å². The van der Waals surface area contributed by atoms with E-state index in [-0.39, 0.29) is 0 Å². The van der Waals surface area contributed by atoms with Crippen molar-refractivity contribution in [1.29, 1.82) is 0 Å². The van der Waals surface area contributed by atoms with Crippen molar-refractivity contribution in [3.05, 3.63) is 0 Å². The molecule has 0 N–H and O–H groups in total. The average molecular weight is 167 g/mol. The second kappa shape index (κ2) is 3.56. The van der Waals surface area contributed by atoms with Crippen LogP contribution in [0, 0.1) is 5.92 Å². The maximum absolute atomic E-state index is 10.7.